The highest BCUT2D eigenvalue weighted by Gasteiger charge is 2.54. The molecule has 0 spiro atoms. The van der Waals surface area contributed by atoms with Gasteiger partial charge >= 0.3 is 0 Å². The Morgan fingerprint density at radius 1 is 1.46 bits per heavy atom. The van der Waals surface area contributed by atoms with Gasteiger partial charge in [0.15, 0.2) is 6.04 Å². The molecule has 0 radical (unpaired) electrons. The number of aliphatic hydroxyl groups excluding tert-OH is 3. The SMILES string of the molecule is O=NC1C(CO)OC(O)(CO)C1O. The number of hydrogen-bond acceptors (Lipinski definition) is 7. The van der Waals surface area contributed by atoms with Crippen molar-refractivity contribution in [1.82, 2.24) is 0 Å². The largest absolute Gasteiger partial charge is 0.394 e. The van der Waals surface area contributed by atoms with Crippen LogP contribution in [0, 0.1) is 4.91 Å². The van der Waals surface area contributed by atoms with E-state index in [4.69, 9.17) is 10.2 Å². The summed E-state index contributed by atoms with van der Waals surface area (Å²) in [7, 11) is 0. The Hall–Kier alpha value is -0.600. The summed E-state index contributed by atoms with van der Waals surface area (Å²) in [5.74, 6) is -2.20. The van der Waals surface area contributed by atoms with E-state index < -0.39 is 37.3 Å². The molecule has 13 heavy (non-hydrogen) atoms. The zero-order chi connectivity index (χ0) is 10.1. The van der Waals surface area contributed by atoms with E-state index in [-0.39, 0.29) is 0 Å². The molecule has 7 nitrogen and oxygen atoms in total. The Morgan fingerprint density at radius 3 is 2.38 bits per heavy atom. The second-order valence-corrected chi connectivity index (χ2v) is 2.88. The van der Waals surface area contributed by atoms with Gasteiger partial charge in [0.25, 0.3) is 0 Å². The molecule has 1 aliphatic heterocycles. The highest BCUT2D eigenvalue weighted by molar-refractivity contribution is 4.99. The second kappa shape index (κ2) is 3.64. The van der Waals surface area contributed by atoms with E-state index in [0.29, 0.717) is 0 Å². The third-order valence-electron chi connectivity index (χ3n) is 2.05. The minimum absolute atomic E-state index is 0.560. The minimum Gasteiger partial charge on any atom is -0.394 e. The van der Waals surface area contributed by atoms with Crippen molar-refractivity contribution in [2.45, 2.75) is 24.0 Å². The maximum absolute atomic E-state index is 10.2. The van der Waals surface area contributed by atoms with Crippen LogP contribution in [0.25, 0.3) is 0 Å². The van der Waals surface area contributed by atoms with Crippen LogP contribution in [0.2, 0.25) is 0 Å². The van der Waals surface area contributed by atoms with Crippen molar-refractivity contribution in [3.05, 3.63) is 4.91 Å². The molecule has 4 unspecified atom stereocenters. The smallest absolute Gasteiger partial charge is 0.218 e. The first-order valence-corrected chi connectivity index (χ1v) is 3.71. The van der Waals surface area contributed by atoms with Crippen molar-refractivity contribution in [2.75, 3.05) is 13.2 Å². The standard InChI is InChI=1S/C6H11NO6/c8-1-3-4(7-12)5(10)6(11,2-9)13-3/h3-5,8-11H,1-2H2. The van der Waals surface area contributed by atoms with Crippen molar-refractivity contribution < 1.29 is 25.2 Å². The molecular formula is C6H11NO6. The molecule has 0 bridgehead atoms. The molecule has 1 saturated heterocycles. The predicted molar refractivity (Wildman–Crippen MR) is 39.6 cm³/mol. The Kier molecular flexibility index (Phi) is 2.94. The molecule has 0 amide bonds. The Labute approximate surface area is 73.5 Å². The minimum atomic E-state index is -2.20. The zero-order valence-electron chi connectivity index (χ0n) is 6.70. The molecular weight excluding hydrogens is 182 g/mol. The molecule has 4 atom stereocenters. The van der Waals surface area contributed by atoms with Gasteiger partial charge < -0.3 is 25.2 Å². The van der Waals surface area contributed by atoms with Gasteiger partial charge in [0.1, 0.15) is 12.2 Å². The number of aliphatic hydroxyl groups is 4. The molecule has 1 heterocycles. The summed E-state index contributed by atoms with van der Waals surface area (Å²) >= 11 is 0. The van der Waals surface area contributed by atoms with Crippen LogP contribution in [0.3, 0.4) is 0 Å². The number of nitroso groups, excluding NO2 is 1. The van der Waals surface area contributed by atoms with Crippen LogP contribution in [-0.4, -0.2) is 57.7 Å². The summed E-state index contributed by atoms with van der Waals surface area (Å²) in [6.45, 7) is -1.42. The fourth-order valence-corrected chi connectivity index (χ4v) is 1.27. The lowest BCUT2D eigenvalue weighted by molar-refractivity contribution is -0.247. The molecule has 0 aromatic rings. The average Bonchev–Trinajstić information content (AvgIpc) is 2.40. The average molecular weight is 193 g/mol. The Morgan fingerprint density at radius 2 is 2.08 bits per heavy atom. The first-order chi connectivity index (χ1) is 6.09. The van der Waals surface area contributed by atoms with Gasteiger partial charge in [-0.2, -0.15) is 4.91 Å². The number of rotatable bonds is 3. The quantitative estimate of drug-likeness (QED) is 0.369. The molecule has 1 rings (SSSR count). The monoisotopic (exact) mass is 193 g/mol. The fraction of sp³-hybridized carbons (Fsp3) is 1.00. The summed E-state index contributed by atoms with van der Waals surface area (Å²) in [5, 5.41) is 38.5. The molecule has 0 saturated carbocycles. The van der Waals surface area contributed by atoms with Crippen LogP contribution in [0.4, 0.5) is 0 Å². The second-order valence-electron chi connectivity index (χ2n) is 2.88. The van der Waals surface area contributed by atoms with Crippen LogP contribution in [0.5, 0.6) is 0 Å². The summed E-state index contributed by atoms with van der Waals surface area (Å²) in [6, 6.07) is -1.26. The number of nitrogens with zero attached hydrogens (tertiary/aromatic N) is 1. The molecule has 1 aliphatic rings. The lowest BCUT2D eigenvalue weighted by Gasteiger charge is -2.22. The lowest BCUT2D eigenvalue weighted by atomic mass is 10.0. The molecule has 0 aliphatic carbocycles. The molecule has 0 aromatic carbocycles. The number of ether oxygens (including phenoxy) is 1. The molecule has 76 valence electrons. The van der Waals surface area contributed by atoms with E-state index in [9.17, 15) is 15.1 Å². The molecule has 7 heteroatoms. The maximum atomic E-state index is 10.2. The van der Waals surface area contributed by atoms with Crippen LogP contribution in [-0.2, 0) is 4.74 Å². The third-order valence-corrected chi connectivity index (χ3v) is 2.05. The van der Waals surface area contributed by atoms with Crippen LogP contribution in [0.15, 0.2) is 5.18 Å². The molecule has 4 N–H and O–H groups in total. The van der Waals surface area contributed by atoms with Gasteiger partial charge in [-0.1, -0.05) is 5.18 Å². The van der Waals surface area contributed by atoms with E-state index in [1.807, 2.05) is 0 Å². The highest BCUT2D eigenvalue weighted by atomic mass is 16.7. The van der Waals surface area contributed by atoms with Gasteiger partial charge in [-0.25, -0.2) is 0 Å². The topological polar surface area (TPSA) is 120 Å². The first kappa shape index (κ1) is 10.5. The van der Waals surface area contributed by atoms with Crippen LogP contribution < -0.4 is 0 Å². The van der Waals surface area contributed by atoms with E-state index >= 15 is 0 Å². The lowest BCUT2D eigenvalue weighted by Crippen LogP contribution is -2.45. The predicted octanol–water partition coefficient (Wildman–Crippen LogP) is -2.45. The van der Waals surface area contributed by atoms with Crippen molar-refractivity contribution in [1.29, 1.82) is 0 Å². The summed E-state index contributed by atoms with van der Waals surface area (Å²) in [5.41, 5.74) is 0. The van der Waals surface area contributed by atoms with Gasteiger partial charge in [-0.05, 0) is 0 Å². The van der Waals surface area contributed by atoms with Crippen LogP contribution >= 0.6 is 0 Å². The van der Waals surface area contributed by atoms with Gasteiger partial charge in [-0.15, -0.1) is 0 Å². The molecule has 1 fully saturated rings. The van der Waals surface area contributed by atoms with E-state index in [2.05, 4.69) is 9.91 Å². The summed E-state index contributed by atoms with van der Waals surface area (Å²) in [6.07, 6.45) is -2.70. The van der Waals surface area contributed by atoms with E-state index in [1.165, 1.54) is 0 Å². The summed E-state index contributed by atoms with van der Waals surface area (Å²) in [4.78, 5) is 10.2. The Bertz CT molecular complexity index is 200. The van der Waals surface area contributed by atoms with Crippen molar-refractivity contribution in [3.8, 4) is 0 Å². The third kappa shape index (κ3) is 1.56. The van der Waals surface area contributed by atoms with Gasteiger partial charge in [0, 0.05) is 0 Å². The highest BCUT2D eigenvalue weighted by Crippen LogP contribution is 2.30. The molecule has 0 aromatic heterocycles. The van der Waals surface area contributed by atoms with Gasteiger partial charge in [-0.3, -0.25) is 0 Å². The fourth-order valence-electron chi connectivity index (χ4n) is 1.27. The van der Waals surface area contributed by atoms with Crippen molar-refractivity contribution in [2.24, 2.45) is 5.18 Å². The maximum Gasteiger partial charge on any atom is 0.218 e. The normalized spacial score (nSPS) is 45.1. The van der Waals surface area contributed by atoms with Gasteiger partial charge in [0.05, 0.1) is 13.2 Å². The Balaban J connectivity index is 2.82. The van der Waals surface area contributed by atoms with Gasteiger partial charge in [0.2, 0.25) is 5.79 Å². The number of hydrogen-bond donors (Lipinski definition) is 4. The van der Waals surface area contributed by atoms with E-state index in [1.54, 1.807) is 0 Å². The van der Waals surface area contributed by atoms with E-state index in [0.717, 1.165) is 0 Å². The first-order valence-electron chi connectivity index (χ1n) is 3.71. The van der Waals surface area contributed by atoms with Crippen molar-refractivity contribution >= 4 is 0 Å². The van der Waals surface area contributed by atoms with Crippen molar-refractivity contribution in [3.63, 3.8) is 0 Å². The van der Waals surface area contributed by atoms with Crippen LogP contribution in [0.1, 0.15) is 0 Å². The zero-order valence-corrected chi connectivity index (χ0v) is 6.70. The summed E-state index contributed by atoms with van der Waals surface area (Å²) < 4.78 is 4.67.